The predicted octanol–water partition coefficient (Wildman–Crippen LogP) is 4.01. The van der Waals surface area contributed by atoms with Gasteiger partial charge in [0.25, 0.3) is 0 Å². The highest BCUT2D eigenvalue weighted by molar-refractivity contribution is 5.96. The maximum atomic E-state index is 14.0. The Morgan fingerprint density at radius 2 is 1.62 bits per heavy atom. The molecule has 2 aromatic carbocycles. The second-order valence-electron chi connectivity index (χ2n) is 9.40. The molecule has 5 nitrogen and oxygen atoms in total. The van der Waals surface area contributed by atoms with E-state index in [9.17, 15) is 9.18 Å². The number of benzene rings is 2. The van der Waals surface area contributed by atoms with Crippen LogP contribution in [0.5, 0.6) is 0 Å². The number of carbonyl (C=O) groups is 1. The molecule has 32 heavy (non-hydrogen) atoms. The highest BCUT2D eigenvalue weighted by atomic mass is 19.1. The molecule has 1 heterocycles. The topological polar surface area (TPSA) is 98.1 Å². The van der Waals surface area contributed by atoms with Gasteiger partial charge < -0.3 is 15.6 Å². The zero-order chi connectivity index (χ0) is 23.7. The fourth-order valence-corrected chi connectivity index (χ4v) is 4.51. The van der Waals surface area contributed by atoms with E-state index in [1.807, 2.05) is 30.3 Å². The standard InChI is InChI=1S/C26H29FN2O3/c1-25(2)14-19(15-26(3,4)32-25)23(18-10-11-21(28)20(13-18)24(27)29)17-8-5-16(6-9-17)7-12-22(30)31/h5-13,29H,14-15,28H2,1-4H3,(H,30,31)/p+1. The molecule has 1 saturated heterocycles. The van der Waals surface area contributed by atoms with Gasteiger partial charge in [-0.2, -0.15) is 0 Å². The van der Waals surface area contributed by atoms with Crippen molar-refractivity contribution in [3.63, 3.8) is 0 Å². The molecule has 1 aliphatic heterocycles. The van der Waals surface area contributed by atoms with Crippen LogP contribution in [0, 0.1) is 0 Å². The predicted molar refractivity (Wildman–Crippen MR) is 126 cm³/mol. The van der Waals surface area contributed by atoms with Gasteiger partial charge in [0.2, 0.25) is 0 Å². The van der Waals surface area contributed by atoms with E-state index >= 15 is 0 Å². The zero-order valence-corrected chi connectivity index (χ0v) is 18.9. The number of aliphatic carboxylic acids is 1. The third-order valence-electron chi connectivity index (χ3n) is 5.40. The fraction of sp³-hybridized carbons (Fsp3) is 0.308. The Kier molecular flexibility index (Phi) is 6.37. The van der Waals surface area contributed by atoms with Crippen molar-refractivity contribution >= 4 is 29.3 Å². The summed E-state index contributed by atoms with van der Waals surface area (Å²) in [5.41, 5.74) is 10.3. The largest absolute Gasteiger partial charge is 0.478 e. The second-order valence-corrected chi connectivity index (χ2v) is 9.40. The molecule has 0 amide bonds. The number of nitrogens with two attached hydrogens (primary N) is 2. The lowest BCUT2D eigenvalue weighted by atomic mass is 9.79. The maximum absolute atomic E-state index is 14.0. The molecule has 168 valence electrons. The second kappa shape index (κ2) is 8.71. The quantitative estimate of drug-likeness (QED) is 0.374. The summed E-state index contributed by atoms with van der Waals surface area (Å²) in [6.07, 6.45) is 4.06. The number of ether oxygens (including phenoxy) is 1. The number of hydrogen-bond donors (Lipinski definition) is 3. The Balaban J connectivity index is 2.20. The minimum absolute atomic E-state index is 0.173. The Bertz CT molecular complexity index is 1090. The van der Waals surface area contributed by atoms with Crippen LogP contribution in [-0.2, 0) is 9.53 Å². The van der Waals surface area contributed by atoms with Crippen molar-refractivity contribution in [3.8, 4) is 0 Å². The molecule has 2 aromatic rings. The van der Waals surface area contributed by atoms with E-state index in [1.54, 1.807) is 18.2 Å². The van der Waals surface area contributed by atoms with Crippen LogP contribution in [0.2, 0.25) is 0 Å². The van der Waals surface area contributed by atoms with Gasteiger partial charge in [-0.25, -0.2) is 10.2 Å². The molecule has 0 saturated carbocycles. The molecule has 1 fully saturated rings. The van der Waals surface area contributed by atoms with E-state index in [4.69, 9.17) is 21.0 Å². The third-order valence-corrected chi connectivity index (χ3v) is 5.40. The Morgan fingerprint density at radius 3 is 2.16 bits per heavy atom. The number of rotatable bonds is 5. The Labute approximate surface area is 187 Å². The summed E-state index contributed by atoms with van der Waals surface area (Å²) in [5, 5.41) is 14.3. The monoisotopic (exact) mass is 437 g/mol. The molecular weight excluding hydrogens is 407 g/mol. The number of hydrogen-bond acceptors (Lipinski definition) is 3. The van der Waals surface area contributed by atoms with Gasteiger partial charge in [-0.1, -0.05) is 35.9 Å². The average Bonchev–Trinajstić information content (AvgIpc) is 2.66. The molecule has 1 aliphatic rings. The molecule has 6 heteroatoms. The van der Waals surface area contributed by atoms with Gasteiger partial charge in [0, 0.05) is 11.8 Å². The summed E-state index contributed by atoms with van der Waals surface area (Å²) >= 11 is 0. The van der Waals surface area contributed by atoms with Gasteiger partial charge in [-0.15, -0.1) is 4.39 Å². The van der Waals surface area contributed by atoms with Crippen LogP contribution in [0.15, 0.2) is 54.1 Å². The zero-order valence-electron chi connectivity index (χ0n) is 18.9. The summed E-state index contributed by atoms with van der Waals surface area (Å²) in [5.74, 6) is -1.83. The van der Waals surface area contributed by atoms with Crippen molar-refractivity contribution in [2.45, 2.75) is 51.7 Å². The molecular formula is C26H30FN2O3+. The number of carboxylic acids is 1. The van der Waals surface area contributed by atoms with Crippen LogP contribution in [0.1, 0.15) is 62.8 Å². The smallest absolute Gasteiger partial charge is 0.360 e. The molecule has 0 aliphatic carbocycles. The van der Waals surface area contributed by atoms with Gasteiger partial charge in [0.15, 0.2) is 0 Å². The summed E-state index contributed by atoms with van der Waals surface area (Å²) in [6.45, 7) is 8.25. The average molecular weight is 438 g/mol. The molecule has 0 spiro atoms. The van der Waals surface area contributed by atoms with Gasteiger partial charge in [0.1, 0.15) is 5.56 Å². The molecule has 0 unspecified atom stereocenters. The van der Waals surface area contributed by atoms with Crippen molar-refractivity contribution in [2.24, 2.45) is 0 Å². The number of carboxylic acid groups (broad SMARTS) is 1. The SMILES string of the molecule is CC1(C)CC(=C(c2ccc(C=CC(=O)O)cc2)c2ccc(N)c(C(=[NH2+])F)c2)CC(C)(C)O1. The molecule has 0 atom stereocenters. The van der Waals surface area contributed by atoms with Crippen LogP contribution in [-0.4, -0.2) is 28.2 Å². The minimum atomic E-state index is -1.00. The van der Waals surface area contributed by atoms with Crippen LogP contribution in [0.25, 0.3) is 11.6 Å². The van der Waals surface area contributed by atoms with E-state index in [1.165, 1.54) is 5.57 Å². The number of anilines is 1. The van der Waals surface area contributed by atoms with Crippen molar-refractivity contribution in [2.75, 3.05) is 5.73 Å². The van der Waals surface area contributed by atoms with Crippen molar-refractivity contribution < 1.29 is 24.4 Å². The first-order valence-electron chi connectivity index (χ1n) is 10.5. The van der Waals surface area contributed by atoms with E-state index in [-0.39, 0.29) is 22.5 Å². The lowest BCUT2D eigenvalue weighted by Gasteiger charge is -2.43. The lowest BCUT2D eigenvalue weighted by Crippen LogP contribution is -2.42. The Morgan fingerprint density at radius 1 is 1.06 bits per heavy atom. The summed E-state index contributed by atoms with van der Waals surface area (Å²) in [6, 6.07) is 12.8. The van der Waals surface area contributed by atoms with Gasteiger partial charge >= 0.3 is 11.9 Å². The highest BCUT2D eigenvalue weighted by Crippen LogP contribution is 2.43. The number of nitrogen functional groups attached to an aromatic ring is 1. The van der Waals surface area contributed by atoms with Crippen molar-refractivity contribution in [1.29, 1.82) is 0 Å². The molecule has 0 aromatic heterocycles. The summed E-state index contributed by atoms with van der Waals surface area (Å²) in [4.78, 5) is 10.8. The van der Waals surface area contributed by atoms with Crippen molar-refractivity contribution in [3.05, 3.63) is 76.4 Å². The van der Waals surface area contributed by atoms with Crippen LogP contribution in [0.3, 0.4) is 0 Å². The summed E-state index contributed by atoms with van der Waals surface area (Å²) in [7, 11) is 0. The van der Waals surface area contributed by atoms with Gasteiger partial charge in [-0.05, 0) is 81.0 Å². The van der Waals surface area contributed by atoms with E-state index in [0.29, 0.717) is 12.8 Å². The fourth-order valence-electron chi connectivity index (χ4n) is 4.51. The molecule has 5 N–H and O–H groups in total. The van der Waals surface area contributed by atoms with Crippen LogP contribution >= 0.6 is 0 Å². The molecule has 3 rings (SSSR count). The summed E-state index contributed by atoms with van der Waals surface area (Å²) < 4.78 is 20.2. The van der Waals surface area contributed by atoms with E-state index < -0.39 is 11.9 Å². The minimum Gasteiger partial charge on any atom is -0.478 e. The third kappa shape index (κ3) is 5.51. The highest BCUT2D eigenvalue weighted by Gasteiger charge is 2.38. The maximum Gasteiger partial charge on any atom is 0.360 e. The lowest BCUT2D eigenvalue weighted by molar-refractivity contribution is -0.139. The van der Waals surface area contributed by atoms with Crippen LogP contribution in [0.4, 0.5) is 10.1 Å². The molecule has 0 radical (unpaired) electrons. The van der Waals surface area contributed by atoms with E-state index in [2.05, 4.69) is 27.7 Å². The first-order chi connectivity index (χ1) is 14.9. The normalized spacial score (nSPS) is 17.3. The Hall–Kier alpha value is -3.25. The first kappa shape index (κ1) is 23.4. The van der Waals surface area contributed by atoms with Crippen molar-refractivity contribution in [1.82, 2.24) is 0 Å². The first-order valence-corrected chi connectivity index (χ1v) is 10.5. The molecule has 0 bridgehead atoms. The van der Waals surface area contributed by atoms with Gasteiger partial charge in [-0.3, -0.25) is 0 Å². The van der Waals surface area contributed by atoms with Crippen LogP contribution < -0.4 is 11.1 Å². The van der Waals surface area contributed by atoms with E-state index in [0.717, 1.165) is 28.3 Å². The van der Waals surface area contributed by atoms with Gasteiger partial charge in [0.05, 0.1) is 11.2 Å². The number of halogens is 1.